The van der Waals surface area contributed by atoms with Crippen LogP contribution < -0.4 is 0 Å². The van der Waals surface area contributed by atoms with Gasteiger partial charge in [0.1, 0.15) is 0 Å². The van der Waals surface area contributed by atoms with Crippen LogP contribution >= 0.6 is 7.82 Å². The topological polar surface area (TPSA) is 48.0 Å². The second kappa shape index (κ2) is 7.67. The van der Waals surface area contributed by atoms with Gasteiger partial charge in [0.2, 0.25) is 0 Å². The predicted molar refractivity (Wildman–Crippen MR) is 66.7 cm³/mol. The summed E-state index contributed by atoms with van der Waals surface area (Å²) in [6.07, 6.45) is 7.96. The summed E-state index contributed by atoms with van der Waals surface area (Å²) >= 11 is 0. The van der Waals surface area contributed by atoms with Crippen molar-refractivity contribution in [2.24, 2.45) is 0 Å². The minimum absolute atomic E-state index is 0.309. The Labute approximate surface area is 103 Å². The monoisotopic (exact) mass is 261 g/mol. The minimum Gasteiger partial charge on any atom is -0.371 e. The van der Waals surface area contributed by atoms with E-state index < -0.39 is 7.82 Å². The van der Waals surface area contributed by atoms with Crippen molar-refractivity contribution in [1.29, 1.82) is 0 Å². The lowest BCUT2D eigenvalue weighted by Crippen LogP contribution is -2.23. The Balaban J connectivity index is 2.29. The normalized spacial score (nSPS) is 15.5. The molecule has 1 aliphatic rings. The van der Waals surface area contributed by atoms with Crippen molar-refractivity contribution in [3.63, 3.8) is 0 Å². The largest absolute Gasteiger partial charge is 0.474 e. The van der Waals surface area contributed by atoms with Crippen molar-refractivity contribution in [3.8, 4) is 0 Å². The van der Waals surface area contributed by atoms with E-state index in [0.29, 0.717) is 26.4 Å². The first-order valence-electron chi connectivity index (χ1n) is 5.81. The van der Waals surface area contributed by atoms with Crippen LogP contribution in [0.1, 0.15) is 13.8 Å². The van der Waals surface area contributed by atoms with Gasteiger partial charge in [0.05, 0.1) is 19.8 Å². The third-order valence-corrected chi connectivity index (χ3v) is 3.73. The van der Waals surface area contributed by atoms with Crippen molar-refractivity contribution in [1.82, 2.24) is 4.90 Å². The van der Waals surface area contributed by atoms with Crippen molar-refractivity contribution in [2.45, 2.75) is 13.8 Å². The highest BCUT2D eigenvalue weighted by molar-refractivity contribution is 7.48. The van der Waals surface area contributed by atoms with Crippen LogP contribution in [0.15, 0.2) is 24.4 Å². The summed E-state index contributed by atoms with van der Waals surface area (Å²) in [5.41, 5.74) is 0. The number of phosphoric acid groups is 1. The molecule has 0 aromatic carbocycles. The van der Waals surface area contributed by atoms with Gasteiger partial charge in [-0.15, -0.1) is 0 Å². The Kier molecular flexibility index (Phi) is 6.52. The third-order valence-electron chi connectivity index (χ3n) is 2.09. The highest BCUT2D eigenvalue weighted by Gasteiger charge is 2.25. The number of allylic oxidation sites excluding steroid dienone is 2. The van der Waals surface area contributed by atoms with Crippen LogP contribution in [0.25, 0.3) is 0 Å². The van der Waals surface area contributed by atoms with E-state index in [2.05, 4.69) is 4.90 Å². The molecule has 0 spiro atoms. The van der Waals surface area contributed by atoms with Gasteiger partial charge in [-0.1, -0.05) is 12.2 Å². The van der Waals surface area contributed by atoms with Crippen molar-refractivity contribution >= 4 is 7.82 Å². The Morgan fingerprint density at radius 1 is 1.18 bits per heavy atom. The number of phosphoric ester groups is 1. The highest BCUT2D eigenvalue weighted by Crippen LogP contribution is 2.48. The summed E-state index contributed by atoms with van der Waals surface area (Å²) in [6.45, 7) is 5.95. The molecule has 0 amide bonds. The van der Waals surface area contributed by atoms with Crippen molar-refractivity contribution in [3.05, 3.63) is 24.4 Å². The molecule has 1 rings (SSSR count). The number of nitrogens with zero attached hydrogens (tertiary/aromatic N) is 1. The van der Waals surface area contributed by atoms with E-state index in [0.717, 1.165) is 6.54 Å². The summed E-state index contributed by atoms with van der Waals surface area (Å²) in [4.78, 5) is 2.06. The van der Waals surface area contributed by atoms with Gasteiger partial charge in [-0.2, -0.15) is 0 Å². The molecule has 0 atom stereocenters. The Morgan fingerprint density at radius 3 is 2.41 bits per heavy atom. The molecule has 0 unspecified atom stereocenters. The van der Waals surface area contributed by atoms with E-state index >= 15 is 0 Å². The van der Waals surface area contributed by atoms with Gasteiger partial charge in [-0.25, -0.2) is 4.57 Å². The zero-order valence-electron chi connectivity index (χ0n) is 10.4. The fourth-order valence-corrected chi connectivity index (χ4v) is 2.53. The quantitative estimate of drug-likeness (QED) is 0.628. The predicted octanol–water partition coefficient (Wildman–Crippen LogP) is 2.57. The van der Waals surface area contributed by atoms with E-state index in [9.17, 15) is 4.57 Å². The maximum atomic E-state index is 11.9. The lowest BCUT2D eigenvalue weighted by Gasteiger charge is -2.22. The van der Waals surface area contributed by atoms with Crippen LogP contribution in [0.2, 0.25) is 0 Å². The summed E-state index contributed by atoms with van der Waals surface area (Å²) in [5.74, 6) is 0. The SMILES string of the molecule is CCOP(=O)(OCC)OCCN1C=CC=CC1. The van der Waals surface area contributed by atoms with E-state index in [4.69, 9.17) is 13.6 Å². The number of hydrogen-bond acceptors (Lipinski definition) is 5. The molecule has 1 aliphatic heterocycles. The molecular formula is C11H20NO4P. The molecule has 6 heteroatoms. The second-order valence-electron chi connectivity index (χ2n) is 3.38. The molecule has 0 bridgehead atoms. The number of rotatable bonds is 8. The maximum absolute atomic E-state index is 11.9. The van der Waals surface area contributed by atoms with Gasteiger partial charge in [0.25, 0.3) is 0 Å². The molecule has 0 N–H and O–H groups in total. The van der Waals surface area contributed by atoms with Crippen LogP contribution in [0.4, 0.5) is 0 Å². The smallest absolute Gasteiger partial charge is 0.371 e. The van der Waals surface area contributed by atoms with Crippen molar-refractivity contribution in [2.75, 3.05) is 32.9 Å². The van der Waals surface area contributed by atoms with Crippen LogP contribution in [0, 0.1) is 0 Å². The molecule has 0 aromatic heterocycles. The summed E-state index contributed by atoms with van der Waals surface area (Å²) in [5, 5.41) is 0. The van der Waals surface area contributed by atoms with Gasteiger partial charge >= 0.3 is 7.82 Å². The maximum Gasteiger partial charge on any atom is 0.474 e. The van der Waals surface area contributed by atoms with Gasteiger partial charge in [0.15, 0.2) is 0 Å². The fraction of sp³-hybridized carbons (Fsp3) is 0.636. The summed E-state index contributed by atoms with van der Waals surface area (Å²) in [7, 11) is -3.36. The molecule has 0 aromatic rings. The lowest BCUT2D eigenvalue weighted by atomic mass is 10.3. The Morgan fingerprint density at radius 2 is 1.88 bits per heavy atom. The first-order valence-corrected chi connectivity index (χ1v) is 7.27. The highest BCUT2D eigenvalue weighted by atomic mass is 31.2. The first-order chi connectivity index (χ1) is 8.20. The van der Waals surface area contributed by atoms with E-state index in [1.54, 1.807) is 13.8 Å². The standard InChI is InChI=1S/C11H20NO4P/c1-3-14-17(13,15-4-2)16-11-10-12-8-6-5-7-9-12/h5-8H,3-4,9-11H2,1-2H3. The van der Waals surface area contributed by atoms with E-state index in [-0.39, 0.29) is 0 Å². The molecule has 1 heterocycles. The van der Waals surface area contributed by atoms with Gasteiger partial charge in [0, 0.05) is 13.1 Å². The fourth-order valence-electron chi connectivity index (χ4n) is 1.37. The van der Waals surface area contributed by atoms with Gasteiger partial charge < -0.3 is 4.90 Å². The average Bonchev–Trinajstić information content (AvgIpc) is 2.31. The molecule has 0 saturated carbocycles. The molecular weight excluding hydrogens is 241 g/mol. The Bertz CT molecular complexity index is 307. The molecule has 0 radical (unpaired) electrons. The van der Waals surface area contributed by atoms with Gasteiger partial charge in [-0.3, -0.25) is 13.6 Å². The van der Waals surface area contributed by atoms with Crippen LogP contribution in [0.5, 0.6) is 0 Å². The van der Waals surface area contributed by atoms with Crippen molar-refractivity contribution < 1.29 is 18.1 Å². The molecule has 0 fully saturated rings. The molecule has 0 aliphatic carbocycles. The Hall–Kier alpha value is -0.610. The van der Waals surface area contributed by atoms with E-state index in [1.807, 2.05) is 24.4 Å². The molecule has 17 heavy (non-hydrogen) atoms. The molecule has 0 saturated heterocycles. The molecule has 5 nitrogen and oxygen atoms in total. The second-order valence-corrected chi connectivity index (χ2v) is 5.05. The lowest BCUT2D eigenvalue weighted by molar-refractivity contribution is 0.115. The first kappa shape index (κ1) is 14.5. The summed E-state index contributed by atoms with van der Waals surface area (Å²) < 4.78 is 27.2. The zero-order chi connectivity index (χ0) is 12.6. The minimum atomic E-state index is -3.36. The van der Waals surface area contributed by atoms with Gasteiger partial charge in [-0.05, 0) is 26.1 Å². The van der Waals surface area contributed by atoms with E-state index in [1.165, 1.54) is 0 Å². The third kappa shape index (κ3) is 5.50. The van der Waals surface area contributed by atoms with Crippen LogP contribution in [-0.4, -0.2) is 37.8 Å². The van der Waals surface area contributed by atoms with Crippen LogP contribution in [0.3, 0.4) is 0 Å². The number of hydrogen-bond donors (Lipinski definition) is 0. The van der Waals surface area contributed by atoms with Crippen LogP contribution in [-0.2, 0) is 18.1 Å². The molecule has 98 valence electrons. The average molecular weight is 261 g/mol. The summed E-state index contributed by atoms with van der Waals surface area (Å²) in [6, 6.07) is 0. The zero-order valence-corrected chi connectivity index (χ0v) is 11.3.